The Morgan fingerprint density at radius 1 is 1.12 bits per heavy atom. The number of hydrogen-bond donors (Lipinski definition) is 2. The van der Waals surface area contributed by atoms with Gasteiger partial charge in [-0.25, -0.2) is 0 Å². The Hall–Kier alpha value is -3.02. The molecule has 0 bridgehead atoms. The number of amides is 1. The summed E-state index contributed by atoms with van der Waals surface area (Å²) in [5.74, 6) is 2.29. The van der Waals surface area contributed by atoms with Crippen LogP contribution >= 0.6 is 0 Å². The maximum Gasteiger partial charge on any atom is 0.253 e. The van der Waals surface area contributed by atoms with E-state index in [1.807, 2.05) is 24.3 Å². The molecule has 0 fully saturated rings. The van der Waals surface area contributed by atoms with E-state index in [4.69, 9.17) is 4.74 Å². The van der Waals surface area contributed by atoms with Crippen LogP contribution < -0.4 is 15.4 Å². The van der Waals surface area contributed by atoms with Gasteiger partial charge in [0.25, 0.3) is 5.91 Å². The molecule has 2 rings (SSSR count). The highest BCUT2D eigenvalue weighted by Gasteiger charge is 2.09. The van der Waals surface area contributed by atoms with Gasteiger partial charge in [0.05, 0.1) is 6.61 Å². The zero-order valence-electron chi connectivity index (χ0n) is 20.4. The predicted molar refractivity (Wildman–Crippen MR) is 132 cm³/mol. The molecule has 6 heteroatoms. The van der Waals surface area contributed by atoms with Gasteiger partial charge >= 0.3 is 0 Å². The molecule has 2 aromatic rings. The number of guanidine groups is 1. The number of ether oxygens (including phenoxy) is 1. The first-order valence-corrected chi connectivity index (χ1v) is 11.3. The van der Waals surface area contributed by atoms with E-state index in [0.29, 0.717) is 24.6 Å². The van der Waals surface area contributed by atoms with Crippen LogP contribution in [0.3, 0.4) is 0 Å². The van der Waals surface area contributed by atoms with Gasteiger partial charge in [-0.05, 0) is 55.0 Å². The number of carbonyl (C=O) groups is 1. The predicted octanol–water partition coefficient (Wildman–Crippen LogP) is 4.03. The molecule has 174 valence electrons. The van der Waals surface area contributed by atoms with Gasteiger partial charge < -0.3 is 20.3 Å². The topological polar surface area (TPSA) is 66.0 Å². The maximum absolute atomic E-state index is 12.2. The Morgan fingerprint density at radius 2 is 1.91 bits per heavy atom. The first-order chi connectivity index (χ1) is 15.3. The maximum atomic E-state index is 12.2. The summed E-state index contributed by atoms with van der Waals surface area (Å²) in [7, 11) is 5.29. The fourth-order valence-corrected chi connectivity index (χ4v) is 3.19. The minimum atomic E-state index is 0.0156. The van der Waals surface area contributed by atoms with Crippen molar-refractivity contribution in [1.82, 2.24) is 15.5 Å². The zero-order chi connectivity index (χ0) is 23.5. The number of nitrogens with one attached hydrogen (secondary N) is 2. The third-order valence-corrected chi connectivity index (χ3v) is 5.13. The third kappa shape index (κ3) is 8.25. The molecule has 0 aliphatic heterocycles. The van der Waals surface area contributed by atoms with Gasteiger partial charge in [-0.1, -0.05) is 38.1 Å². The average Bonchev–Trinajstić information content (AvgIpc) is 2.76. The minimum Gasteiger partial charge on any atom is -0.493 e. The van der Waals surface area contributed by atoms with Crippen LogP contribution in [-0.2, 0) is 13.0 Å². The second kappa shape index (κ2) is 12.7. The van der Waals surface area contributed by atoms with Crippen molar-refractivity contribution in [2.45, 2.75) is 40.2 Å². The van der Waals surface area contributed by atoms with Crippen LogP contribution in [0.15, 0.2) is 47.5 Å². The largest absolute Gasteiger partial charge is 0.493 e. The Bertz CT molecular complexity index is 906. The van der Waals surface area contributed by atoms with E-state index in [1.165, 1.54) is 5.56 Å². The summed E-state index contributed by atoms with van der Waals surface area (Å²) < 4.78 is 6.05. The number of hydrogen-bond acceptors (Lipinski definition) is 3. The molecule has 6 nitrogen and oxygen atoms in total. The number of aryl methyl sites for hydroxylation is 1. The lowest BCUT2D eigenvalue weighted by Gasteiger charge is -2.16. The number of benzene rings is 2. The third-order valence-electron chi connectivity index (χ3n) is 5.13. The summed E-state index contributed by atoms with van der Waals surface area (Å²) >= 11 is 0. The first kappa shape index (κ1) is 25.2. The molecule has 0 aliphatic carbocycles. The number of carbonyl (C=O) groups excluding carboxylic acids is 1. The first-order valence-electron chi connectivity index (χ1n) is 11.3. The molecular formula is C26H38N4O2. The summed E-state index contributed by atoms with van der Waals surface area (Å²) in [5.41, 5.74) is 4.11. The SMILES string of the molecule is CN=C(NCCc1cccc(C(=O)N(C)C)c1)NCc1ccc(C)cc1OCCC(C)C. The summed E-state index contributed by atoms with van der Waals surface area (Å²) in [4.78, 5) is 18.1. The summed E-state index contributed by atoms with van der Waals surface area (Å²) in [6, 6.07) is 14.1. The normalized spacial score (nSPS) is 11.4. The highest BCUT2D eigenvalue weighted by Crippen LogP contribution is 2.21. The van der Waals surface area contributed by atoms with Gasteiger partial charge in [-0.15, -0.1) is 0 Å². The van der Waals surface area contributed by atoms with Crippen molar-refractivity contribution >= 4 is 11.9 Å². The fourth-order valence-electron chi connectivity index (χ4n) is 3.19. The lowest BCUT2D eigenvalue weighted by molar-refractivity contribution is 0.0827. The van der Waals surface area contributed by atoms with Gasteiger partial charge in [-0.3, -0.25) is 9.79 Å². The molecule has 0 unspecified atom stereocenters. The standard InChI is InChI=1S/C26H38N4O2/c1-19(2)13-15-32-24-16-20(3)10-11-23(24)18-29-26(27-4)28-14-12-21-8-7-9-22(17-21)25(31)30(5)6/h7-11,16-17,19H,12-15,18H2,1-6H3,(H2,27,28,29). The quantitative estimate of drug-likeness (QED) is 0.434. The Morgan fingerprint density at radius 3 is 2.59 bits per heavy atom. The van der Waals surface area contributed by atoms with Crippen LogP contribution in [0.5, 0.6) is 5.75 Å². The van der Waals surface area contributed by atoms with Crippen LogP contribution in [0.25, 0.3) is 0 Å². The molecule has 0 saturated heterocycles. The minimum absolute atomic E-state index is 0.0156. The molecule has 32 heavy (non-hydrogen) atoms. The Labute approximate surface area is 193 Å². The van der Waals surface area contributed by atoms with Crippen molar-refractivity contribution in [3.05, 3.63) is 64.7 Å². The molecule has 2 aromatic carbocycles. The molecule has 0 spiro atoms. The van der Waals surface area contributed by atoms with Gasteiger partial charge in [0.2, 0.25) is 0 Å². The van der Waals surface area contributed by atoms with Crippen molar-refractivity contribution in [3.63, 3.8) is 0 Å². The molecule has 0 atom stereocenters. The average molecular weight is 439 g/mol. The van der Waals surface area contributed by atoms with E-state index in [1.54, 1.807) is 26.0 Å². The highest BCUT2D eigenvalue weighted by atomic mass is 16.5. The number of aliphatic imine (C=N–C) groups is 1. The Balaban J connectivity index is 1.89. The Kier molecular flexibility index (Phi) is 10.1. The van der Waals surface area contributed by atoms with E-state index >= 15 is 0 Å². The lowest BCUT2D eigenvalue weighted by Crippen LogP contribution is -2.38. The van der Waals surface area contributed by atoms with E-state index in [0.717, 1.165) is 42.3 Å². The van der Waals surface area contributed by atoms with E-state index in [-0.39, 0.29) is 5.91 Å². The molecule has 0 aliphatic rings. The summed E-state index contributed by atoms with van der Waals surface area (Å²) in [5, 5.41) is 6.72. The van der Waals surface area contributed by atoms with Crippen LogP contribution in [0.4, 0.5) is 0 Å². The number of rotatable bonds is 10. The molecule has 0 radical (unpaired) electrons. The van der Waals surface area contributed by atoms with Crippen molar-refractivity contribution in [2.75, 3.05) is 34.3 Å². The van der Waals surface area contributed by atoms with Crippen molar-refractivity contribution in [3.8, 4) is 5.75 Å². The second-order valence-electron chi connectivity index (χ2n) is 8.64. The van der Waals surface area contributed by atoms with Gasteiger partial charge in [0, 0.05) is 45.4 Å². The van der Waals surface area contributed by atoms with Gasteiger partial charge in [0.15, 0.2) is 5.96 Å². The van der Waals surface area contributed by atoms with E-state index in [9.17, 15) is 4.79 Å². The van der Waals surface area contributed by atoms with Crippen LogP contribution in [0, 0.1) is 12.8 Å². The molecular weight excluding hydrogens is 400 g/mol. The van der Waals surface area contributed by atoms with Crippen molar-refractivity contribution in [2.24, 2.45) is 10.9 Å². The highest BCUT2D eigenvalue weighted by molar-refractivity contribution is 5.94. The van der Waals surface area contributed by atoms with Crippen LogP contribution in [0.2, 0.25) is 0 Å². The summed E-state index contributed by atoms with van der Waals surface area (Å²) in [6.07, 6.45) is 1.83. The van der Waals surface area contributed by atoms with Crippen LogP contribution in [0.1, 0.15) is 47.3 Å². The fraction of sp³-hybridized carbons (Fsp3) is 0.462. The van der Waals surface area contributed by atoms with Crippen molar-refractivity contribution in [1.29, 1.82) is 0 Å². The van der Waals surface area contributed by atoms with Crippen LogP contribution in [-0.4, -0.2) is 51.1 Å². The van der Waals surface area contributed by atoms with E-state index < -0.39 is 0 Å². The second-order valence-corrected chi connectivity index (χ2v) is 8.64. The van der Waals surface area contributed by atoms with Gasteiger partial charge in [0.1, 0.15) is 5.75 Å². The zero-order valence-corrected chi connectivity index (χ0v) is 20.4. The van der Waals surface area contributed by atoms with Gasteiger partial charge in [-0.2, -0.15) is 0 Å². The molecule has 1 amide bonds. The molecule has 0 heterocycles. The molecule has 0 aromatic heterocycles. The molecule has 2 N–H and O–H groups in total. The lowest BCUT2D eigenvalue weighted by atomic mass is 10.1. The monoisotopic (exact) mass is 438 g/mol. The number of nitrogens with zero attached hydrogens (tertiary/aromatic N) is 2. The van der Waals surface area contributed by atoms with E-state index in [2.05, 4.69) is 54.6 Å². The molecule has 0 saturated carbocycles. The summed E-state index contributed by atoms with van der Waals surface area (Å²) in [6.45, 7) is 8.54. The van der Waals surface area contributed by atoms with Crippen molar-refractivity contribution < 1.29 is 9.53 Å². The smallest absolute Gasteiger partial charge is 0.253 e.